The van der Waals surface area contributed by atoms with E-state index in [1.807, 2.05) is 30.5 Å². The standard InChI is InChI=1S/C21H14F4N2O2S/c22-18-10-7-14(21(23,24)25)11-20(18)30(28,29)27-15-8-5-13(6-9-15)17-12-26-19-4-2-1-3-16(17)19/h1-12,26-27H. The summed E-state index contributed by atoms with van der Waals surface area (Å²) in [5.74, 6) is -1.27. The number of hydrogen-bond donors (Lipinski definition) is 2. The number of hydrogen-bond acceptors (Lipinski definition) is 2. The summed E-state index contributed by atoms with van der Waals surface area (Å²) in [4.78, 5) is 2.07. The number of aromatic amines is 1. The number of rotatable bonds is 4. The number of nitrogens with one attached hydrogen (secondary N) is 2. The maximum Gasteiger partial charge on any atom is 0.416 e. The summed E-state index contributed by atoms with van der Waals surface area (Å²) in [5.41, 5.74) is 1.50. The number of fused-ring (bicyclic) bond motifs is 1. The van der Waals surface area contributed by atoms with E-state index in [4.69, 9.17) is 0 Å². The highest BCUT2D eigenvalue weighted by Gasteiger charge is 2.33. The van der Waals surface area contributed by atoms with Crippen molar-refractivity contribution in [3.05, 3.63) is 84.3 Å². The van der Waals surface area contributed by atoms with E-state index < -0.39 is 32.5 Å². The van der Waals surface area contributed by atoms with Crippen molar-refractivity contribution in [2.45, 2.75) is 11.1 Å². The van der Waals surface area contributed by atoms with Gasteiger partial charge in [0, 0.05) is 28.4 Å². The molecule has 0 aliphatic heterocycles. The molecule has 0 atom stereocenters. The molecule has 3 aromatic carbocycles. The lowest BCUT2D eigenvalue weighted by molar-refractivity contribution is -0.137. The van der Waals surface area contributed by atoms with Gasteiger partial charge in [0.1, 0.15) is 10.7 Å². The fourth-order valence-corrected chi connectivity index (χ4v) is 4.29. The van der Waals surface area contributed by atoms with Crippen LogP contribution in [0.1, 0.15) is 5.56 Å². The molecule has 0 radical (unpaired) electrons. The largest absolute Gasteiger partial charge is 0.416 e. The molecule has 0 bridgehead atoms. The maximum absolute atomic E-state index is 14.0. The molecule has 1 heterocycles. The maximum atomic E-state index is 14.0. The molecular formula is C21H14F4N2O2S. The second kappa shape index (κ2) is 7.17. The Labute approximate surface area is 169 Å². The zero-order chi connectivity index (χ0) is 21.5. The third kappa shape index (κ3) is 3.76. The molecule has 4 rings (SSSR count). The number of H-pyrrole nitrogens is 1. The Morgan fingerprint density at radius 2 is 1.60 bits per heavy atom. The summed E-state index contributed by atoms with van der Waals surface area (Å²) >= 11 is 0. The first-order valence-corrected chi connectivity index (χ1v) is 10.2. The Hall–Kier alpha value is -3.33. The number of anilines is 1. The van der Waals surface area contributed by atoms with E-state index in [-0.39, 0.29) is 11.8 Å². The van der Waals surface area contributed by atoms with Crippen LogP contribution in [0.3, 0.4) is 0 Å². The smallest absolute Gasteiger partial charge is 0.361 e. The highest BCUT2D eigenvalue weighted by molar-refractivity contribution is 7.92. The van der Waals surface area contributed by atoms with E-state index in [0.29, 0.717) is 12.1 Å². The molecule has 4 aromatic rings. The Kier molecular flexibility index (Phi) is 4.77. The number of aromatic nitrogens is 1. The summed E-state index contributed by atoms with van der Waals surface area (Å²) in [6, 6.07) is 15.1. The second-order valence-electron chi connectivity index (χ2n) is 6.57. The van der Waals surface area contributed by atoms with E-state index in [1.54, 1.807) is 12.1 Å². The van der Waals surface area contributed by atoms with Crippen molar-refractivity contribution in [2.24, 2.45) is 0 Å². The molecule has 0 saturated carbocycles. The highest BCUT2D eigenvalue weighted by Crippen LogP contribution is 2.33. The molecule has 0 aliphatic rings. The Morgan fingerprint density at radius 1 is 0.900 bits per heavy atom. The van der Waals surface area contributed by atoms with Gasteiger partial charge in [-0.25, -0.2) is 12.8 Å². The first kappa shape index (κ1) is 20.0. The second-order valence-corrected chi connectivity index (χ2v) is 8.22. The monoisotopic (exact) mass is 434 g/mol. The molecule has 4 nitrogen and oxygen atoms in total. The van der Waals surface area contributed by atoms with Gasteiger partial charge in [0.05, 0.1) is 5.56 Å². The van der Waals surface area contributed by atoms with Gasteiger partial charge in [0.15, 0.2) is 0 Å². The van der Waals surface area contributed by atoms with Gasteiger partial charge < -0.3 is 4.98 Å². The predicted molar refractivity (Wildman–Crippen MR) is 106 cm³/mol. The van der Waals surface area contributed by atoms with E-state index in [9.17, 15) is 26.0 Å². The van der Waals surface area contributed by atoms with Gasteiger partial charge in [0.25, 0.3) is 10.0 Å². The van der Waals surface area contributed by atoms with E-state index in [1.165, 1.54) is 12.1 Å². The number of alkyl halides is 3. The number of sulfonamides is 1. The first-order valence-electron chi connectivity index (χ1n) is 8.71. The van der Waals surface area contributed by atoms with Crippen LogP contribution in [0.25, 0.3) is 22.0 Å². The highest BCUT2D eigenvalue weighted by atomic mass is 32.2. The van der Waals surface area contributed by atoms with Gasteiger partial charge in [-0.15, -0.1) is 0 Å². The molecule has 2 N–H and O–H groups in total. The summed E-state index contributed by atoms with van der Waals surface area (Å²) in [7, 11) is -4.56. The zero-order valence-electron chi connectivity index (χ0n) is 15.2. The Morgan fingerprint density at radius 3 is 2.30 bits per heavy atom. The van der Waals surface area contributed by atoms with Crippen LogP contribution in [0, 0.1) is 5.82 Å². The van der Waals surface area contributed by atoms with Gasteiger partial charge >= 0.3 is 6.18 Å². The molecule has 0 fully saturated rings. The average molecular weight is 434 g/mol. The Bertz CT molecular complexity index is 1330. The lowest BCUT2D eigenvalue weighted by Crippen LogP contribution is -2.16. The van der Waals surface area contributed by atoms with Gasteiger partial charge in [-0.3, -0.25) is 4.72 Å². The van der Waals surface area contributed by atoms with Gasteiger partial charge in [-0.2, -0.15) is 13.2 Å². The van der Waals surface area contributed by atoms with E-state index >= 15 is 0 Å². The molecule has 0 unspecified atom stereocenters. The normalized spacial score (nSPS) is 12.3. The molecule has 0 amide bonds. The Balaban J connectivity index is 1.63. The molecule has 154 valence electrons. The minimum atomic E-state index is -4.79. The van der Waals surface area contributed by atoms with Crippen molar-refractivity contribution in [2.75, 3.05) is 4.72 Å². The van der Waals surface area contributed by atoms with Crippen molar-refractivity contribution in [3.8, 4) is 11.1 Å². The lowest BCUT2D eigenvalue weighted by atomic mass is 10.0. The lowest BCUT2D eigenvalue weighted by Gasteiger charge is -2.12. The fourth-order valence-electron chi connectivity index (χ4n) is 3.12. The third-order valence-electron chi connectivity index (χ3n) is 4.59. The first-order chi connectivity index (χ1) is 14.1. The quantitative estimate of drug-likeness (QED) is 0.399. The van der Waals surface area contributed by atoms with Crippen molar-refractivity contribution in [1.82, 2.24) is 4.98 Å². The van der Waals surface area contributed by atoms with Crippen LogP contribution in [-0.4, -0.2) is 13.4 Å². The van der Waals surface area contributed by atoms with Crippen LogP contribution in [-0.2, 0) is 16.2 Å². The topological polar surface area (TPSA) is 62.0 Å². The molecule has 0 saturated heterocycles. The number of halogens is 4. The van der Waals surface area contributed by atoms with E-state index in [0.717, 1.165) is 22.0 Å². The minimum absolute atomic E-state index is 0.0930. The zero-order valence-corrected chi connectivity index (χ0v) is 16.0. The fraction of sp³-hybridized carbons (Fsp3) is 0.0476. The average Bonchev–Trinajstić information content (AvgIpc) is 3.12. The van der Waals surface area contributed by atoms with Gasteiger partial charge in [-0.1, -0.05) is 30.3 Å². The van der Waals surface area contributed by atoms with Crippen molar-refractivity contribution < 1.29 is 26.0 Å². The van der Waals surface area contributed by atoms with Crippen LogP contribution in [0.4, 0.5) is 23.2 Å². The third-order valence-corrected chi connectivity index (χ3v) is 5.98. The predicted octanol–water partition coefficient (Wildman–Crippen LogP) is 5.79. The minimum Gasteiger partial charge on any atom is -0.361 e. The molecule has 0 spiro atoms. The SMILES string of the molecule is O=S(=O)(Nc1ccc(-c2c[nH]c3ccccc23)cc1)c1cc(C(F)(F)F)ccc1F. The molecular weight excluding hydrogens is 420 g/mol. The van der Waals surface area contributed by atoms with Crippen molar-refractivity contribution in [1.29, 1.82) is 0 Å². The van der Waals surface area contributed by atoms with Crippen molar-refractivity contribution in [3.63, 3.8) is 0 Å². The van der Waals surface area contributed by atoms with Crippen LogP contribution in [0.15, 0.2) is 77.8 Å². The van der Waals surface area contributed by atoms with E-state index in [2.05, 4.69) is 9.71 Å². The molecule has 1 aromatic heterocycles. The summed E-state index contributed by atoms with van der Waals surface area (Å²) in [6.07, 6.45) is -2.97. The van der Waals surface area contributed by atoms with Gasteiger partial charge in [-0.05, 0) is 42.0 Å². The summed E-state index contributed by atoms with van der Waals surface area (Å²) in [6.45, 7) is 0. The number of benzene rings is 3. The molecule has 9 heteroatoms. The summed E-state index contributed by atoms with van der Waals surface area (Å²) in [5, 5.41) is 0.983. The van der Waals surface area contributed by atoms with Crippen LogP contribution >= 0.6 is 0 Å². The van der Waals surface area contributed by atoms with Crippen LogP contribution < -0.4 is 4.72 Å². The van der Waals surface area contributed by atoms with Gasteiger partial charge in [0.2, 0.25) is 0 Å². The van der Waals surface area contributed by atoms with Crippen molar-refractivity contribution >= 4 is 26.6 Å². The molecule has 30 heavy (non-hydrogen) atoms. The number of para-hydroxylation sites is 1. The summed E-state index contributed by atoms with van der Waals surface area (Å²) < 4.78 is 79.6. The van der Waals surface area contributed by atoms with Crippen LogP contribution in [0.5, 0.6) is 0 Å². The molecule has 0 aliphatic carbocycles. The van der Waals surface area contributed by atoms with Crippen LogP contribution in [0.2, 0.25) is 0 Å².